The van der Waals surface area contributed by atoms with Gasteiger partial charge >= 0.3 is 0 Å². The summed E-state index contributed by atoms with van der Waals surface area (Å²) < 4.78 is 41.8. The zero-order valence-corrected chi connectivity index (χ0v) is 19.0. The minimum absolute atomic E-state index is 0.108. The maximum atomic E-state index is 13.8. The van der Waals surface area contributed by atoms with Crippen LogP contribution in [0.4, 0.5) is 4.39 Å². The van der Waals surface area contributed by atoms with Crippen LogP contribution < -0.4 is 4.72 Å². The SMILES string of the molecule is CC(NS(=O)(=O)c1ccc(CCC(=O)N(C)Cc2ccccc2F)cc1)c1ccccc1. The number of carbonyl (C=O) groups excluding carboxylic acids is 1. The van der Waals surface area contributed by atoms with Crippen LogP contribution in [0.2, 0.25) is 0 Å². The highest BCUT2D eigenvalue weighted by atomic mass is 32.2. The van der Waals surface area contributed by atoms with E-state index in [4.69, 9.17) is 0 Å². The highest BCUT2D eigenvalue weighted by molar-refractivity contribution is 7.89. The largest absolute Gasteiger partial charge is 0.341 e. The molecule has 0 heterocycles. The Morgan fingerprint density at radius 1 is 0.969 bits per heavy atom. The Balaban J connectivity index is 1.56. The molecule has 0 fully saturated rings. The lowest BCUT2D eigenvalue weighted by molar-refractivity contribution is -0.130. The quantitative estimate of drug-likeness (QED) is 0.519. The summed E-state index contributed by atoms with van der Waals surface area (Å²) in [7, 11) is -2.03. The first kappa shape index (κ1) is 23.6. The third kappa shape index (κ3) is 6.24. The van der Waals surface area contributed by atoms with E-state index in [1.807, 2.05) is 30.3 Å². The van der Waals surface area contributed by atoms with Gasteiger partial charge in [-0.25, -0.2) is 17.5 Å². The highest BCUT2D eigenvalue weighted by Gasteiger charge is 2.18. The molecule has 0 aromatic heterocycles. The molecule has 0 aliphatic rings. The molecular weight excluding hydrogens is 427 g/mol. The van der Waals surface area contributed by atoms with Crippen LogP contribution in [0.1, 0.15) is 36.1 Å². The summed E-state index contributed by atoms with van der Waals surface area (Å²) in [6.45, 7) is 2.00. The molecule has 0 aliphatic carbocycles. The summed E-state index contributed by atoms with van der Waals surface area (Å²) >= 11 is 0. The molecule has 1 atom stereocenters. The van der Waals surface area contributed by atoms with Gasteiger partial charge in [0.05, 0.1) is 4.90 Å². The van der Waals surface area contributed by atoms with Crippen LogP contribution in [0, 0.1) is 5.82 Å². The van der Waals surface area contributed by atoms with Gasteiger partial charge in [-0.3, -0.25) is 4.79 Å². The minimum Gasteiger partial charge on any atom is -0.341 e. The molecule has 1 amide bonds. The van der Waals surface area contributed by atoms with Gasteiger partial charge in [0.25, 0.3) is 0 Å². The fraction of sp³-hybridized carbons (Fsp3) is 0.240. The summed E-state index contributed by atoms with van der Waals surface area (Å²) in [5.41, 5.74) is 2.20. The Kier molecular flexibility index (Phi) is 7.77. The number of hydrogen-bond acceptors (Lipinski definition) is 3. The summed E-state index contributed by atoms with van der Waals surface area (Å²) in [5, 5.41) is 0. The summed E-state index contributed by atoms with van der Waals surface area (Å²) in [4.78, 5) is 14.1. The second-order valence-electron chi connectivity index (χ2n) is 7.74. The molecule has 168 valence electrons. The standard InChI is InChI=1S/C25H27FN2O3S/c1-19(21-8-4-3-5-9-21)27-32(30,31)23-15-12-20(13-16-23)14-17-25(29)28(2)18-22-10-6-7-11-24(22)26/h3-13,15-16,19,27H,14,17-18H2,1-2H3. The van der Waals surface area contributed by atoms with Gasteiger partial charge in [-0.05, 0) is 42.7 Å². The van der Waals surface area contributed by atoms with Crippen LogP contribution >= 0.6 is 0 Å². The predicted molar refractivity (Wildman–Crippen MR) is 123 cm³/mol. The number of aryl methyl sites for hydroxylation is 1. The van der Waals surface area contributed by atoms with Crippen LogP contribution in [0.15, 0.2) is 83.8 Å². The smallest absolute Gasteiger partial charge is 0.241 e. The Hall–Kier alpha value is -3.03. The zero-order valence-electron chi connectivity index (χ0n) is 18.2. The van der Waals surface area contributed by atoms with Gasteiger partial charge in [0.15, 0.2) is 0 Å². The molecule has 0 aliphatic heterocycles. The van der Waals surface area contributed by atoms with Crippen LogP contribution in [-0.2, 0) is 27.8 Å². The lowest BCUT2D eigenvalue weighted by atomic mass is 10.1. The Bertz CT molecular complexity index is 1150. The third-order valence-corrected chi connectivity index (χ3v) is 6.84. The lowest BCUT2D eigenvalue weighted by Gasteiger charge is -2.18. The Morgan fingerprint density at radius 2 is 1.59 bits per heavy atom. The molecule has 0 radical (unpaired) electrons. The molecule has 0 spiro atoms. The van der Waals surface area contributed by atoms with Crippen LogP contribution in [0.3, 0.4) is 0 Å². The van der Waals surface area contributed by atoms with Crippen molar-refractivity contribution in [1.82, 2.24) is 9.62 Å². The number of carbonyl (C=O) groups is 1. The van der Waals surface area contributed by atoms with E-state index in [2.05, 4.69) is 4.72 Å². The van der Waals surface area contributed by atoms with E-state index in [1.165, 1.54) is 11.0 Å². The van der Waals surface area contributed by atoms with Crippen molar-refractivity contribution in [3.63, 3.8) is 0 Å². The number of hydrogen-bond donors (Lipinski definition) is 1. The van der Waals surface area contributed by atoms with Crippen molar-refractivity contribution in [2.75, 3.05) is 7.05 Å². The Labute approximate surface area is 188 Å². The predicted octanol–water partition coefficient (Wildman–Crippen LogP) is 4.46. The number of halogens is 1. The molecular formula is C25H27FN2O3S. The van der Waals surface area contributed by atoms with Crippen molar-refractivity contribution < 1.29 is 17.6 Å². The Morgan fingerprint density at radius 3 is 2.25 bits per heavy atom. The molecule has 3 aromatic carbocycles. The van der Waals surface area contributed by atoms with Crippen molar-refractivity contribution >= 4 is 15.9 Å². The second kappa shape index (κ2) is 10.5. The topological polar surface area (TPSA) is 66.5 Å². The summed E-state index contributed by atoms with van der Waals surface area (Å²) in [6.07, 6.45) is 0.717. The van der Waals surface area contributed by atoms with Gasteiger partial charge in [-0.1, -0.05) is 60.7 Å². The number of rotatable bonds is 9. The first-order valence-corrected chi connectivity index (χ1v) is 11.9. The van der Waals surface area contributed by atoms with Gasteiger partial charge in [0.1, 0.15) is 5.82 Å². The molecule has 0 bridgehead atoms. The van der Waals surface area contributed by atoms with Crippen LogP contribution in [-0.4, -0.2) is 26.3 Å². The number of nitrogens with one attached hydrogen (secondary N) is 1. The average Bonchev–Trinajstić information content (AvgIpc) is 2.79. The van der Waals surface area contributed by atoms with Gasteiger partial charge in [0.2, 0.25) is 15.9 Å². The van der Waals surface area contributed by atoms with Crippen molar-refractivity contribution in [2.45, 2.75) is 37.2 Å². The van der Waals surface area contributed by atoms with Gasteiger partial charge in [-0.2, -0.15) is 0 Å². The maximum absolute atomic E-state index is 13.8. The van der Waals surface area contributed by atoms with Gasteiger partial charge < -0.3 is 4.90 Å². The van der Waals surface area contributed by atoms with Crippen molar-refractivity contribution in [1.29, 1.82) is 0 Å². The number of benzene rings is 3. The molecule has 0 saturated carbocycles. The molecule has 0 saturated heterocycles. The van der Waals surface area contributed by atoms with Crippen molar-refractivity contribution in [3.8, 4) is 0 Å². The molecule has 1 unspecified atom stereocenters. The van der Waals surface area contributed by atoms with Crippen LogP contribution in [0.25, 0.3) is 0 Å². The van der Waals surface area contributed by atoms with Gasteiger partial charge in [-0.15, -0.1) is 0 Å². The monoisotopic (exact) mass is 454 g/mol. The molecule has 7 heteroatoms. The van der Waals surface area contributed by atoms with E-state index < -0.39 is 10.0 Å². The average molecular weight is 455 g/mol. The van der Waals surface area contributed by atoms with E-state index in [9.17, 15) is 17.6 Å². The molecule has 5 nitrogen and oxygen atoms in total. The normalized spacial score (nSPS) is 12.3. The lowest BCUT2D eigenvalue weighted by Crippen LogP contribution is -2.27. The van der Waals surface area contributed by atoms with Gasteiger partial charge in [0, 0.05) is 31.6 Å². The zero-order chi connectivity index (χ0) is 23.1. The number of amides is 1. The third-order valence-electron chi connectivity index (χ3n) is 5.28. The van der Waals surface area contributed by atoms with Crippen molar-refractivity contribution in [2.24, 2.45) is 0 Å². The highest BCUT2D eigenvalue weighted by Crippen LogP contribution is 2.18. The summed E-state index contributed by atoms with van der Waals surface area (Å²) in [6, 6.07) is 21.9. The molecule has 3 rings (SSSR count). The molecule has 32 heavy (non-hydrogen) atoms. The molecule has 3 aromatic rings. The molecule has 1 N–H and O–H groups in total. The van der Waals surface area contributed by atoms with E-state index >= 15 is 0 Å². The second-order valence-corrected chi connectivity index (χ2v) is 9.45. The first-order valence-electron chi connectivity index (χ1n) is 10.4. The van der Waals surface area contributed by atoms with E-state index in [0.29, 0.717) is 12.0 Å². The number of nitrogens with zero attached hydrogens (tertiary/aromatic N) is 1. The maximum Gasteiger partial charge on any atom is 0.241 e. The fourth-order valence-corrected chi connectivity index (χ4v) is 4.59. The van der Waals surface area contributed by atoms with E-state index in [0.717, 1.165) is 11.1 Å². The number of sulfonamides is 1. The fourth-order valence-electron chi connectivity index (χ4n) is 3.36. The minimum atomic E-state index is -3.67. The summed E-state index contributed by atoms with van der Waals surface area (Å²) in [5.74, 6) is -0.442. The van der Waals surface area contributed by atoms with Crippen LogP contribution in [0.5, 0.6) is 0 Å². The van der Waals surface area contributed by atoms with E-state index in [-0.39, 0.29) is 35.6 Å². The van der Waals surface area contributed by atoms with Crippen molar-refractivity contribution in [3.05, 3.63) is 101 Å². The first-order chi connectivity index (χ1) is 15.3. The van der Waals surface area contributed by atoms with E-state index in [1.54, 1.807) is 56.4 Å².